The molecule has 0 aliphatic carbocycles. The van der Waals surface area contributed by atoms with Crippen molar-refractivity contribution >= 4 is 23.8 Å². The van der Waals surface area contributed by atoms with E-state index >= 15 is 0 Å². The molecule has 0 fully saturated rings. The van der Waals surface area contributed by atoms with Crippen molar-refractivity contribution < 1.29 is 18.7 Å². The maximum absolute atomic E-state index is 12.1. The molecule has 1 atom stereocenters. The number of aromatic nitrogens is 3. The van der Waals surface area contributed by atoms with Crippen LogP contribution in [-0.4, -0.2) is 39.1 Å². The highest BCUT2D eigenvalue weighted by molar-refractivity contribution is 8.00. The Labute approximate surface area is 159 Å². The van der Waals surface area contributed by atoms with Crippen LogP contribution in [0.15, 0.2) is 58.3 Å². The third-order valence-electron chi connectivity index (χ3n) is 3.70. The number of amides is 2. The van der Waals surface area contributed by atoms with Crippen LogP contribution < -0.4 is 5.32 Å². The van der Waals surface area contributed by atoms with Crippen LogP contribution in [0.2, 0.25) is 0 Å². The number of thioether (sulfide) groups is 1. The number of benzene rings is 1. The minimum Gasteiger partial charge on any atom is -0.467 e. The molecule has 0 aliphatic heterocycles. The fourth-order valence-electron chi connectivity index (χ4n) is 2.34. The highest BCUT2D eigenvalue weighted by atomic mass is 32.2. The van der Waals surface area contributed by atoms with Crippen LogP contribution in [0.25, 0.3) is 11.4 Å². The summed E-state index contributed by atoms with van der Waals surface area (Å²) in [5.41, 5.74) is 0.898. The summed E-state index contributed by atoms with van der Waals surface area (Å²) in [7, 11) is 1.20. The molecule has 1 aromatic carbocycles. The van der Waals surface area contributed by atoms with Crippen LogP contribution >= 0.6 is 11.8 Å². The fraction of sp³-hybridized carbons (Fsp3) is 0.222. The van der Waals surface area contributed by atoms with Crippen LogP contribution in [0, 0.1) is 0 Å². The van der Waals surface area contributed by atoms with Gasteiger partial charge in [0, 0.05) is 5.56 Å². The average Bonchev–Trinajstić information content (AvgIpc) is 3.33. The van der Waals surface area contributed by atoms with Gasteiger partial charge in [-0.15, -0.1) is 10.2 Å². The van der Waals surface area contributed by atoms with E-state index in [-0.39, 0.29) is 0 Å². The Morgan fingerprint density at radius 2 is 2.00 bits per heavy atom. The molecule has 2 amide bonds. The average molecular weight is 386 g/mol. The number of alkyl carbamates (subject to hydrolysis) is 1. The van der Waals surface area contributed by atoms with Crippen LogP contribution in [0.1, 0.15) is 12.7 Å². The molecule has 1 N–H and O–H groups in total. The summed E-state index contributed by atoms with van der Waals surface area (Å²) in [5.74, 6) is 0.927. The van der Waals surface area contributed by atoms with Crippen molar-refractivity contribution in [2.45, 2.75) is 23.9 Å². The van der Waals surface area contributed by atoms with Crippen molar-refractivity contribution in [3.8, 4) is 11.4 Å². The summed E-state index contributed by atoms with van der Waals surface area (Å²) >= 11 is 1.20. The molecular formula is C18H18N4O4S. The molecule has 140 valence electrons. The van der Waals surface area contributed by atoms with Crippen molar-refractivity contribution in [3.63, 3.8) is 0 Å². The molecule has 27 heavy (non-hydrogen) atoms. The van der Waals surface area contributed by atoms with Gasteiger partial charge in [0.1, 0.15) is 5.76 Å². The lowest BCUT2D eigenvalue weighted by Crippen LogP contribution is -2.36. The smallest absolute Gasteiger partial charge is 0.413 e. The van der Waals surface area contributed by atoms with Gasteiger partial charge in [0.05, 0.1) is 25.2 Å². The molecule has 8 nitrogen and oxygen atoms in total. The Balaban J connectivity index is 1.87. The number of carbonyl (C=O) groups is 2. The number of ether oxygens (including phenoxy) is 1. The van der Waals surface area contributed by atoms with E-state index in [2.05, 4.69) is 20.3 Å². The maximum Gasteiger partial charge on any atom is 0.413 e. The largest absolute Gasteiger partial charge is 0.467 e. The molecular weight excluding hydrogens is 368 g/mol. The number of hydrogen-bond donors (Lipinski definition) is 1. The molecule has 2 aromatic heterocycles. The molecule has 3 rings (SSSR count). The Morgan fingerprint density at radius 1 is 1.22 bits per heavy atom. The lowest BCUT2D eigenvalue weighted by atomic mass is 10.2. The summed E-state index contributed by atoms with van der Waals surface area (Å²) < 4.78 is 11.8. The number of carbonyl (C=O) groups excluding carboxylic acids is 2. The van der Waals surface area contributed by atoms with E-state index in [0.717, 1.165) is 11.3 Å². The molecule has 3 aromatic rings. The lowest BCUT2D eigenvalue weighted by Gasteiger charge is -2.12. The Bertz CT molecular complexity index is 909. The van der Waals surface area contributed by atoms with Crippen molar-refractivity contribution in [2.24, 2.45) is 0 Å². The molecule has 2 heterocycles. The third-order valence-corrected chi connectivity index (χ3v) is 4.79. The summed E-state index contributed by atoms with van der Waals surface area (Å²) in [4.78, 5) is 23.4. The SMILES string of the molecule is COC(=O)NC(=O)[C@H](C)Sc1nnc(-c2ccccc2)n1Cc1ccco1. The van der Waals surface area contributed by atoms with Gasteiger partial charge in [0.25, 0.3) is 0 Å². The molecule has 0 bridgehead atoms. The van der Waals surface area contributed by atoms with Gasteiger partial charge in [-0.3, -0.25) is 14.7 Å². The molecule has 0 unspecified atom stereocenters. The summed E-state index contributed by atoms with van der Waals surface area (Å²) in [6.45, 7) is 2.09. The minimum absolute atomic E-state index is 0.415. The quantitative estimate of drug-likeness (QED) is 0.650. The predicted molar refractivity (Wildman–Crippen MR) is 99.1 cm³/mol. The van der Waals surface area contributed by atoms with Gasteiger partial charge in [-0.2, -0.15) is 0 Å². The zero-order valence-corrected chi connectivity index (χ0v) is 15.6. The van der Waals surface area contributed by atoms with E-state index in [1.807, 2.05) is 41.0 Å². The van der Waals surface area contributed by atoms with Crippen molar-refractivity contribution in [1.29, 1.82) is 0 Å². The van der Waals surface area contributed by atoms with Crippen LogP contribution in [0.3, 0.4) is 0 Å². The normalized spacial score (nSPS) is 11.8. The minimum atomic E-state index is -0.797. The number of furan rings is 1. The first-order valence-corrected chi connectivity index (χ1v) is 9.03. The van der Waals surface area contributed by atoms with Gasteiger partial charge >= 0.3 is 6.09 Å². The molecule has 9 heteroatoms. The Hall–Kier alpha value is -3.07. The molecule has 0 radical (unpaired) electrons. The van der Waals surface area contributed by atoms with E-state index in [1.165, 1.54) is 18.9 Å². The zero-order valence-electron chi connectivity index (χ0n) is 14.8. The van der Waals surface area contributed by atoms with Gasteiger partial charge in [0.2, 0.25) is 5.91 Å². The van der Waals surface area contributed by atoms with E-state index in [9.17, 15) is 9.59 Å². The van der Waals surface area contributed by atoms with E-state index < -0.39 is 17.3 Å². The number of rotatable bonds is 6. The maximum atomic E-state index is 12.1. The number of imide groups is 1. The first kappa shape index (κ1) is 18.7. The second-order valence-electron chi connectivity index (χ2n) is 5.58. The molecule has 0 saturated heterocycles. The monoisotopic (exact) mass is 386 g/mol. The second-order valence-corrected chi connectivity index (χ2v) is 6.89. The Morgan fingerprint density at radius 3 is 2.67 bits per heavy atom. The van der Waals surface area contributed by atoms with E-state index in [1.54, 1.807) is 19.3 Å². The van der Waals surface area contributed by atoms with Crippen LogP contribution in [-0.2, 0) is 16.1 Å². The van der Waals surface area contributed by atoms with Crippen LogP contribution in [0.5, 0.6) is 0 Å². The lowest BCUT2D eigenvalue weighted by molar-refractivity contribution is -0.119. The van der Waals surface area contributed by atoms with E-state index in [4.69, 9.17) is 4.42 Å². The third kappa shape index (κ3) is 4.56. The van der Waals surface area contributed by atoms with Gasteiger partial charge in [-0.05, 0) is 19.1 Å². The molecule has 0 spiro atoms. The standard InChI is InChI=1S/C18H18N4O4S/c1-12(16(23)19-18(24)25-2)27-17-21-20-15(13-7-4-3-5-8-13)22(17)11-14-9-6-10-26-14/h3-10,12H,11H2,1-2H3,(H,19,23,24)/t12-/m0/s1. The number of hydrogen-bond acceptors (Lipinski definition) is 7. The van der Waals surface area contributed by atoms with Gasteiger partial charge < -0.3 is 9.15 Å². The molecule has 0 saturated carbocycles. The van der Waals surface area contributed by atoms with Crippen LogP contribution in [0.4, 0.5) is 4.79 Å². The highest BCUT2D eigenvalue weighted by Gasteiger charge is 2.22. The van der Waals surface area contributed by atoms with Crippen molar-refractivity contribution in [3.05, 3.63) is 54.5 Å². The predicted octanol–water partition coefficient (Wildman–Crippen LogP) is 2.95. The molecule has 0 aliphatic rings. The van der Waals surface area contributed by atoms with Gasteiger partial charge in [-0.25, -0.2) is 4.79 Å². The number of nitrogens with one attached hydrogen (secondary N) is 1. The number of nitrogens with zero attached hydrogens (tertiary/aromatic N) is 3. The highest BCUT2D eigenvalue weighted by Crippen LogP contribution is 2.27. The first-order valence-electron chi connectivity index (χ1n) is 8.15. The summed E-state index contributed by atoms with van der Waals surface area (Å²) in [6, 6.07) is 13.3. The van der Waals surface area contributed by atoms with Gasteiger partial charge in [-0.1, -0.05) is 42.1 Å². The topological polar surface area (TPSA) is 99.2 Å². The summed E-state index contributed by atoms with van der Waals surface area (Å²) in [6.07, 6.45) is 0.802. The van der Waals surface area contributed by atoms with Crippen molar-refractivity contribution in [1.82, 2.24) is 20.1 Å². The van der Waals surface area contributed by atoms with Gasteiger partial charge in [0.15, 0.2) is 11.0 Å². The van der Waals surface area contributed by atoms with Crippen molar-refractivity contribution in [2.75, 3.05) is 7.11 Å². The number of methoxy groups -OCH3 is 1. The Kier molecular flexibility index (Phi) is 5.92. The fourth-order valence-corrected chi connectivity index (χ4v) is 3.19. The first-order chi connectivity index (χ1) is 13.1. The zero-order chi connectivity index (χ0) is 19.2. The summed E-state index contributed by atoms with van der Waals surface area (Å²) in [5, 5.41) is 10.6. The second kappa shape index (κ2) is 8.54. The van der Waals surface area contributed by atoms with E-state index in [0.29, 0.717) is 17.5 Å².